The third kappa shape index (κ3) is 4.82. The number of rotatable bonds is 6. The van der Waals surface area contributed by atoms with E-state index in [1.807, 2.05) is 12.1 Å². The molecular weight excluding hydrogens is 618 g/mol. The predicted molar refractivity (Wildman–Crippen MR) is 190 cm³/mol. The van der Waals surface area contributed by atoms with E-state index in [0.717, 1.165) is 56.9 Å². The van der Waals surface area contributed by atoms with Gasteiger partial charge in [-0.15, -0.1) is 0 Å². The normalized spacial score (nSPS) is 43.5. The number of hydrogen-bond donors (Lipinski definition) is 2. The summed E-state index contributed by atoms with van der Waals surface area (Å²) in [6, 6.07) is 7.45. The fourth-order valence-corrected chi connectivity index (χ4v) is 14.1. The fourth-order valence-electron chi connectivity index (χ4n) is 14.1. The van der Waals surface area contributed by atoms with Gasteiger partial charge in [0, 0.05) is 5.54 Å². The van der Waals surface area contributed by atoms with Crippen LogP contribution < -0.4 is 5.32 Å². The van der Waals surface area contributed by atoms with Gasteiger partial charge in [0.25, 0.3) is 5.92 Å². The average Bonchev–Trinajstić information content (AvgIpc) is 3.38. The highest BCUT2D eigenvalue weighted by Gasteiger charge is 2.74. The first-order chi connectivity index (χ1) is 22.7. The highest BCUT2D eigenvalue weighted by molar-refractivity contribution is 5.88. The molecule has 0 radical (unpaired) electrons. The van der Waals surface area contributed by atoms with E-state index in [0.29, 0.717) is 23.3 Å². The molecule has 1 saturated heterocycles. The third-order valence-corrected chi connectivity index (χ3v) is 16.5. The largest absolute Gasteiger partial charge is 0.478 e. The first-order valence-corrected chi connectivity index (χ1v) is 18.8. The zero-order chi connectivity index (χ0) is 35.6. The topological polar surface area (TPSA) is 69.6 Å². The van der Waals surface area contributed by atoms with Crippen molar-refractivity contribution < 1.29 is 23.5 Å². The standard InChI is InChI=1S/C42H58F2N2O3/c1-26(2)29-13-20-41(45-33(47)23-46-24-42(43,44)25-46)22-21-40(8)38(6)18-15-31-36(3,4)30(27-9-11-28(12-10-27)35(48)49)14-17-37(31,5)32(38)16-19-39(40,7)34(29)41/h9-12,14,29,31-32,34H,1,13,15-25H2,2-8H3,(H,45,47)(H,48,49)/t29-,31-,32+,34+,37-,38+,39?,40-,41-/m0/s1. The number of hydrogen-bond acceptors (Lipinski definition) is 3. The zero-order valence-corrected chi connectivity index (χ0v) is 30.9. The maximum Gasteiger partial charge on any atom is 0.335 e. The van der Waals surface area contributed by atoms with Crippen molar-refractivity contribution in [1.82, 2.24) is 10.2 Å². The van der Waals surface area contributed by atoms with Crippen molar-refractivity contribution in [2.75, 3.05) is 19.6 Å². The van der Waals surface area contributed by atoms with Crippen LogP contribution in [0.3, 0.4) is 0 Å². The number of halogens is 2. The summed E-state index contributed by atoms with van der Waals surface area (Å²) in [5, 5.41) is 13.0. The molecule has 6 aliphatic rings. The quantitative estimate of drug-likeness (QED) is 0.295. The Kier molecular flexibility index (Phi) is 7.82. The molecule has 1 aromatic rings. The van der Waals surface area contributed by atoms with Crippen LogP contribution in [0.4, 0.5) is 8.78 Å². The molecule has 5 nitrogen and oxygen atoms in total. The molecule has 0 spiro atoms. The Morgan fingerprint density at radius 2 is 1.53 bits per heavy atom. The van der Waals surface area contributed by atoms with E-state index in [1.165, 1.54) is 17.6 Å². The highest BCUT2D eigenvalue weighted by Crippen LogP contribution is 2.80. The molecule has 5 fully saturated rings. The lowest BCUT2D eigenvalue weighted by atomic mass is 9.29. The van der Waals surface area contributed by atoms with Crippen LogP contribution in [0.15, 0.2) is 42.5 Å². The number of likely N-dealkylation sites (tertiary alicyclic amines) is 1. The molecule has 7 heteroatoms. The van der Waals surface area contributed by atoms with Gasteiger partial charge in [0.15, 0.2) is 0 Å². The average molecular weight is 677 g/mol. The smallest absolute Gasteiger partial charge is 0.335 e. The molecule has 7 rings (SSSR count). The van der Waals surface area contributed by atoms with Crippen molar-refractivity contribution in [3.63, 3.8) is 0 Å². The minimum absolute atomic E-state index is 0.00600. The van der Waals surface area contributed by atoms with Crippen molar-refractivity contribution in [2.24, 2.45) is 50.7 Å². The second-order valence-corrected chi connectivity index (χ2v) is 19.0. The minimum Gasteiger partial charge on any atom is -0.478 e. The molecule has 4 saturated carbocycles. The predicted octanol–water partition coefficient (Wildman–Crippen LogP) is 9.25. The van der Waals surface area contributed by atoms with E-state index in [4.69, 9.17) is 0 Å². The molecule has 2 N–H and O–H groups in total. The van der Waals surface area contributed by atoms with Crippen molar-refractivity contribution >= 4 is 17.4 Å². The van der Waals surface area contributed by atoms with E-state index < -0.39 is 11.9 Å². The van der Waals surface area contributed by atoms with Crippen LogP contribution in [0, 0.1) is 50.7 Å². The molecule has 49 heavy (non-hydrogen) atoms. The number of amides is 1. The summed E-state index contributed by atoms with van der Waals surface area (Å²) in [6.07, 6.45) is 12.0. The Balaban J connectivity index is 1.20. The third-order valence-electron chi connectivity index (χ3n) is 16.5. The Morgan fingerprint density at radius 3 is 2.14 bits per heavy atom. The molecule has 268 valence electrons. The number of nitrogens with one attached hydrogen (secondary N) is 1. The van der Waals surface area contributed by atoms with Crippen molar-refractivity contribution in [2.45, 2.75) is 118 Å². The van der Waals surface area contributed by atoms with Crippen LogP contribution in [0.25, 0.3) is 5.57 Å². The summed E-state index contributed by atoms with van der Waals surface area (Å²) in [4.78, 5) is 26.7. The number of fused-ring (bicyclic) bond motifs is 7. The molecule has 1 amide bonds. The van der Waals surface area contributed by atoms with Gasteiger partial charge in [0.2, 0.25) is 5.91 Å². The Labute approximate surface area is 292 Å². The number of carbonyl (C=O) groups excluding carboxylic acids is 1. The maximum atomic E-state index is 13.6. The Hall–Kier alpha value is -2.54. The second kappa shape index (κ2) is 11.0. The summed E-state index contributed by atoms with van der Waals surface area (Å²) in [7, 11) is 0. The van der Waals surface area contributed by atoms with Crippen LogP contribution in [-0.2, 0) is 4.79 Å². The van der Waals surface area contributed by atoms with Crippen LogP contribution in [0.1, 0.15) is 122 Å². The van der Waals surface area contributed by atoms with Gasteiger partial charge in [-0.3, -0.25) is 9.69 Å². The number of aromatic carboxylic acids is 1. The summed E-state index contributed by atoms with van der Waals surface area (Å²) < 4.78 is 27.2. The number of nitrogens with zero attached hydrogens (tertiary/aromatic N) is 1. The van der Waals surface area contributed by atoms with Crippen LogP contribution in [0.5, 0.6) is 0 Å². The Morgan fingerprint density at radius 1 is 0.898 bits per heavy atom. The second-order valence-electron chi connectivity index (χ2n) is 19.0. The summed E-state index contributed by atoms with van der Waals surface area (Å²) in [5.41, 5.74) is 3.95. The summed E-state index contributed by atoms with van der Waals surface area (Å²) >= 11 is 0. The van der Waals surface area contributed by atoms with Crippen LogP contribution in [-0.4, -0.2) is 53.0 Å². The van der Waals surface area contributed by atoms with Crippen molar-refractivity contribution in [1.29, 1.82) is 0 Å². The molecule has 1 aliphatic heterocycles. The fraction of sp³-hybridized carbons (Fsp3) is 0.714. The van der Waals surface area contributed by atoms with E-state index in [9.17, 15) is 23.5 Å². The van der Waals surface area contributed by atoms with E-state index in [2.05, 4.69) is 66.4 Å². The van der Waals surface area contributed by atoms with Gasteiger partial charge in [-0.05, 0) is 139 Å². The van der Waals surface area contributed by atoms with Gasteiger partial charge < -0.3 is 10.4 Å². The molecule has 0 bridgehead atoms. The Bertz CT molecular complexity index is 1590. The maximum absolute atomic E-state index is 13.6. The number of carboxylic acids is 1. The highest BCUT2D eigenvalue weighted by atomic mass is 19.3. The molecule has 1 heterocycles. The van der Waals surface area contributed by atoms with Crippen LogP contribution in [0.2, 0.25) is 0 Å². The van der Waals surface area contributed by atoms with Gasteiger partial charge in [0.05, 0.1) is 25.2 Å². The van der Waals surface area contributed by atoms with Gasteiger partial charge in [-0.25, -0.2) is 13.6 Å². The van der Waals surface area contributed by atoms with Gasteiger partial charge >= 0.3 is 5.97 Å². The van der Waals surface area contributed by atoms with Crippen molar-refractivity contribution in [3.8, 4) is 0 Å². The number of carboxylic acid groups (broad SMARTS) is 1. The lowest BCUT2D eigenvalue weighted by molar-refractivity contribution is -0.256. The number of carbonyl (C=O) groups is 2. The first-order valence-electron chi connectivity index (χ1n) is 18.8. The SMILES string of the molecule is C=C(C)[C@@H]1CC[C@]2(NC(=O)CN3CC(F)(F)C3)CC[C@]3(C)C(C)(CC[C@@H]4[C@@]5(C)CC=C(c6ccc(C(=O)O)cc6)C(C)(C)[C@@H]5CC[C@]43C)[C@@H]12. The van der Waals surface area contributed by atoms with Crippen LogP contribution >= 0.6 is 0 Å². The lowest BCUT2D eigenvalue weighted by Gasteiger charge is -2.75. The molecule has 9 atom stereocenters. The molecule has 5 aliphatic carbocycles. The van der Waals surface area contributed by atoms with Crippen molar-refractivity contribution in [3.05, 3.63) is 53.6 Å². The summed E-state index contributed by atoms with van der Waals surface area (Å²) in [5.74, 6) is -2.01. The van der Waals surface area contributed by atoms with E-state index >= 15 is 0 Å². The number of benzene rings is 1. The molecule has 1 aromatic carbocycles. The summed E-state index contributed by atoms with van der Waals surface area (Å²) in [6.45, 7) is 21.2. The zero-order valence-electron chi connectivity index (χ0n) is 30.9. The van der Waals surface area contributed by atoms with Gasteiger partial charge in [0.1, 0.15) is 0 Å². The molecule has 1 unspecified atom stereocenters. The van der Waals surface area contributed by atoms with E-state index in [1.54, 1.807) is 17.0 Å². The minimum atomic E-state index is -2.68. The van der Waals surface area contributed by atoms with E-state index in [-0.39, 0.29) is 64.1 Å². The lowest BCUT2D eigenvalue weighted by Crippen LogP contribution is -2.72. The number of allylic oxidation sites excluding steroid dienone is 3. The number of alkyl halides is 2. The van der Waals surface area contributed by atoms with Gasteiger partial charge in [-0.1, -0.05) is 71.9 Å². The monoisotopic (exact) mass is 676 g/mol. The van der Waals surface area contributed by atoms with Gasteiger partial charge in [-0.2, -0.15) is 0 Å². The molecule has 0 aromatic heterocycles. The first kappa shape index (κ1) is 34.9. The molecular formula is C42H58F2N2O3.